The van der Waals surface area contributed by atoms with Crippen LogP contribution in [-0.2, 0) is 0 Å². The number of nitrogens with zero attached hydrogens (tertiary/aromatic N) is 1. The van der Waals surface area contributed by atoms with Gasteiger partial charge in [-0.3, -0.25) is 4.90 Å². The molecule has 3 aromatic carbocycles. The second kappa shape index (κ2) is 6.64. The van der Waals surface area contributed by atoms with Crippen LogP contribution in [0.25, 0.3) is 0 Å². The molecule has 4 rings (SSSR count). The minimum absolute atomic E-state index is 0.288. The summed E-state index contributed by atoms with van der Waals surface area (Å²) in [4.78, 5) is 16.8. The molecule has 0 saturated carbocycles. The molecule has 3 aromatic rings. The Balaban J connectivity index is 1.76. The van der Waals surface area contributed by atoms with Gasteiger partial charge < -0.3 is 5.32 Å². The van der Waals surface area contributed by atoms with E-state index < -0.39 is 0 Å². The van der Waals surface area contributed by atoms with Gasteiger partial charge in [-0.25, -0.2) is 4.79 Å². The molecule has 0 atom stereocenters. The number of benzene rings is 3. The van der Waals surface area contributed by atoms with E-state index in [1.54, 1.807) is 34.9 Å². The smallest absolute Gasteiger partial charge is 0.306 e. The van der Waals surface area contributed by atoms with Crippen molar-refractivity contribution in [2.45, 2.75) is 9.79 Å². The summed E-state index contributed by atoms with van der Waals surface area (Å²) >= 11 is 13.9. The van der Waals surface area contributed by atoms with Gasteiger partial charge in [-0.15, -0.1) is 0 Å². The van der Waals surface area contributed by atoms with E-state index in [0.717, 1.165) is 21.2 Å². The zero-order chi connectivity index (χ0) is 17.4. The summed E-state index contributed by atoms with van der Waals surface area (Å²) < 4.78 is 0. The number of carbonyl (C=O) groups excluding carboxylic acids is 1. The van der Waals surface area contributed by atoms with Crippen LogP contribution in [0.3, 0.4) is 0 Å². The van der Waals surface area contributed by atoms with E-state index in [4.69, 9.17) is 23.2 Å². The van der Waals surface area contributed by atoms with Gasteiger partial charge in [0.05, 0.1) is 22.1 Å². The molecule has 0 radical (unpaired) electrons. The van der Waals surface area contributed by atoms with E-state index >= 15 is 0 Å². The van der Waals surface area contributed by atoms with E-state index in [1.807, 2.05) is 48.5 Å². The molecule has 25 heavy (non-hydrogen) atoms. The predicted molar refractivity (Wildman–Crippen MR) is 105 cm³/mol. The fraction of sp³-hybridized carbons (Fsp3) is 0. The molecule has 1 heterocycles. The second-order valence-corrected chi connectivity index (χ2v) is 7.35. The highest BCUT2D eigenvalue weighted by Crippen LogP contribution is 2.48. The molecule has 3 nitrogen and oxygen atoms in total. The first-order valence-electron chi connectivity index (χ1n) is 7.55. The summed E-state index contributed by atoms with van der Waals surface area (Å²) in [5.74, 6) is 0. The van der Waals surface area contributed by atoms with Crippen molar-refractivity contribution in [3.8, 4) is 0 Å². The van der Waals surface area contributed by atoms with Gasteiger partial charge in [0.15, 0.2) is 0 Å². The Kier molecular flexibility index (Phi) is 4.34. The molecule has 0 spiro atoms. The summed E-state index contributed by atoms with van der Waals surface area (Å²) in [6.45, 7) is 0. The van der Waals surface area contributed by atoms with E-state index in [1.165, 1.54) is 0 Å². The van der Waals surface area contributed by atoms with Gasteiger partial charge in [-0.1, -0.05) is 59.2 Å². The van der Waals surface area contributed by atoms with Crippen molar-refractivity contribution in [2.75, 3.05) is 10.2 Å². The summed E-state index contributed by atoms with van der Waals surface area (Å²) in [5.41, 5.74) is 2.15. The van der Waals surface area contributed by atoms with Crippen molar-refractivity contribution in [1.82, 2.24) is 0 Å². The van der Waals surface area contributed by atoms with Crippen molar-refractivity contribution in [1.29, 1.82) is 0 Å². The summed E-state index contributed by atoms with van der Waals surface area (Å²) in [6.07, 6.45) is 0. The van der Waals surface area contributed by atoms with Crippen LogP contribution in [0.1, 0.15) is 0 Å². The molecule has 124 valence electrons. The third-order valence-electron chi connectivity index (χ3n) is 3.81. The topological polar surface area (TPSA) is 32.3 Å². The van der Waals surface area contributed by atoms with Gasteiger partial charge in [-0.05, 0) is 42.5 Å². The highest BCUT2D eigenvalue weighted by molar-refractivity contribution is 7.99. The lowest BCUT2D eigenvalue weighted by atomic mass is 10.2. The molecular formula is C19H12Cl2N2OS. The SMILES string of the molecule is O=C(Nc1cc(Cl)ccc1Cl)N1c2ccccc2Sc2ccccc21. The zero-order valence-electron chi connectivity index (χ0n) is 12.9. The number of nitrogens with one attached hydrogen (secondary N) is 1. The number of para-hydroxylation sites is 2. The summed E-state index contributed by atoms with van der Waals surface area (Å²) in [6, 6.07) is 20.3. The average molecular weight is 387 g/mol. The maximum Gasteiger partial charge on any atom is 0.331 e. The number of carbonyl (C=O) groups is 1. The molecule has 0 bridgehead atoms. The minimum atomic E-state index is -0.288. The van der Waals surface area contributed by atoms with Crippen LogP contribution in [0.2, 0.25) is 10.0 Å². The lowest BCUT2D eigenvalue weighted by Gasteiger charge is -2.31. The normalized spacial score (nSPS) is 12.3. The maximum absolute atomic E-state index is 13.1. The zero-order valence-corrected chi connectivity index (χ0v) is 15.2. The fourth-order valence-electron chi connectivity index (χ4n) is 2.69. The number of urea groups is 1. The Morgan fingerprint density at radius 2 is 1.48 bits per heavy atom. The number of amides is 2. The Morgan fingerprint density at radius 1 is 0.880 bits per heavy atom. The van der Waals surface area contributed by atoms with Crippen LogP contribution >= 0.6 is 35.0 Å². The van der Waals surface area contributed by atoms with Crippen LogP contribution < -0.4 is 10.2 Å². The maximum atomic E-state index is 13.1. The quantitative estimate of drug-likeness (QED) is 0.496. The minimum Gasteiger partial charge on any atom is -0.306 e. The van der Waals surface area contributed by atoms with E-state index in [9.17, 15) is 4.79 Å². The van der Waals surface area contributed by atoms with Gasteiger partial charge >= 0.3 is 6.03 Å². The molecule has 0 aliphatic carbocycles. The molecule has 0 fully saturated rings. The third-order valence-corrected chi connectivity index (χ3v) is 5.50. The Bertz CT molecular complexity index is 932. The van der Waals surface area contributed by atoms with Crippen molar-refractivity contribution in [2.24, 2.45) is 0 Å². The monoisotopic (exact) mass is 386 g/mol. The molecule has 6 heteroatoms. The molecule has 0 unspecified atom stereocenters. The van der Waals surface area contributed by atoms with E-state index in [2.05, 4.69) is 5.32 Å². The molecule has 0 aromatic heterocycles. The molecule has 1 aliphatic rings. The largest absolute Gasteiger partial charge is 0.331 e. The van der Waals surface area contributed by atoms with Gasteiger partial charge in [0.2, 0.25) is 0 Å². The molecule has 0 saturated heterocycles. The first-order valence-corrected chi connectivity index (χ1v) is 9.13. The first-order chi connectivity index (χ1) is 12.1. The van der Waals surface area contributed by atoms with Crippen LogP contribution in [0.4, 0.5) is 21.9 Å². The predicted octanol–water partition coefficient (Wildman–Crippen LogP) is 6.83. The number of anilines is 3. The highest BCUT2D eigenvalue weighted by Gasteiger charge is 2.28. The molecule has 1 aliphatic heterocycles. The van der Waals surface area contributed by atoms with Crippen LogP contribution in [0.5, 0.6) is 0 Å². The molecule has 1 N–H and O–H groups in total. The highest BCUT2D eigenvalue weighted by atomic mass is 35.5. The summed E-state index contributed by atoms with van der Waals surface area (Å²) in [7, 11) is 0. The number of hydrogen-bond acceptors (Lipinski definition) is 2. The Morgan fingerprint density at radius 3 is 2.12 bits per heavy atom. The number of halogens is 2. The fourth-order valence-corrected chi connectivity index (χ4v) is 4.08. The standard InChI is InChI=1S/C19H12Cl2N2OS/c20-12-9-10-13(21)14(11-12)22-19(24)23-15-5-1-3-7-17(15)25-18-8-4-2-6-16(18)23/h1-11H,(H,22,24). The van der Waals surface area contributed by atoms with Crippen molar-refractivity contribution in [3.63, 3.8) is 0 Å². The van der Waals surface area contributed by atoms with Gasteiger partial charge in [0, 0.05) is 14.8 Å². The van der Waals surface area contributed by atoms with Crippen molar-refractivity contribution in [3.05, 3.63) is 76.8 Å². The Labute approximate surface area is 159 Å². The second-order valence-electron chi connectivity index (χ2n) is 5.43. The average Bonchev–Trinajstić information content (AvgIpc) is 2.62. The third kappa shape index (κ3) is 3.09. The Hall–Kier alpha value is -2.14. The van der Waals surface area contributed by atoms with Gasteiger partial charge in [0.1, 0.15) is 0 Å². The number of rotatable bonds is 1. The summed E-state index contributed by atoms with van der Waals surface area (Å²) in [5, 5.41) is 3.81. The lowest BCUT2D eigenvalue weighted by Crippen LogP contribution is -2.32. The number of fused-ring (bicyclic) bond motifs is 2. The van der Waals surface area contributed by atoms with Gasteiger partial charge in [0.25, 0.3) is 0 Å². The van der Waals surface area contributed by atoms with Crippen molar-refractivity contribution >= 4 is 58.1 Å². The van der Waals surface area contributed by atoms with Crippen LogP contribution in [-0.4, -0.2) is 6.03 Å². The molecule has 2 amide bonds. The van der Waals surface area contributed by atoms with Crippen LogP contribution in [0, 0.1) is 0 Å². The van der Waals surface area contributed by atoms with Gasteiger partial charge in [-0.2, -0.15) is 0 Å². The van der Waals surface area contributed by atoms with Crippen LogP contribution in [0.15, 0.2) is 76.5 Å². The van der Waals surface area contributed by atoms with Crippen molar-refractivity contribution < 1.29 is 4.79 Å². The molecular weight excluding hydrogens is 375 g/mol. The lowest BCUT2D eigenvalue weighted by molar-refractivity contribution is 0.259. The number of hydrogen-bond donors (Lipinski definition) is 1. The van der Waals surface area contributed by atoms with E-state index in [-0.39, 0.29) is 6.03 Å². The first kappa shape index (κ1) is 16.3. The van der Waals surface area contributed by atoms with E-state index in [0.29, 0.717) is 15.7 Å².